The third-order valence-electron chi connectivity index (χ3n) is 5.92. The number of aliphatic hydroxyl groups is 1. The summed E-state index contributed by atoms with van der Waals surface area (Å²) in [4.78, 5) is 7.53. The van der Waals surface area contributed by atoms with E-state index in [2.05, 4.69) is 48.7 Å². The Hall–Kier alpha value is -1.12. The zero-order chi connectivity index (χ0) is 17.9. The summed E-state index contributed by atoms with van der Waals surface area (Å²) < 4.78 is 8.64. The first-order chi connectivity index (χ1) is 12.7. The molecule has 0 saturated carbocycles. The summed E-state index contributed by atoms with van der Waals surface area (Å²) in [6, 6.07) is 6.39. The fraction of sp³-hybridized carbons (Fsp3) is 0.684. The van der Waals surface area contributed by atoms with Gasteiger partial charge >= 0.3 is 0 Å². The molecule has 2 aliphatic rings. The normalized spacial score (nSPS) is 26.5. The van der Waals surface area contributed by atoms with E-state index in [4.69, 9.17) is 0 Å². The molecule has 0 aliphatic carbocycles. The zero-order valence-electron chi connectivity index (χ0n) is 15.5. The van der Waals surface area contributed by atoms with Gasteiger partial charge in [0.05, 0.1) is 11.7 Å². The first-order valence-corrected chi connectivity index (χ1v) is 10.4. The molecule has 4 rings (SSSR count). The monoisotopic (exact) mass is 375 g/mol. The van der Waals surface area contributed by atoms with E-state index in [1.54, 1.807) is 0 Å². The Morgan fingerprint density at radius 1 is 1.04 bits per heavy atom. The van der Waals surface area contributed by atoms with Gasteiger partial charge in [0.15, 0.2) is 0 Å². The van der Waals surface area contributed by atoms with Crippen molar-refractivity contribution < 1.29 is 5.11 Å². The molecule has 0 amide bonds. The predicted molar refractivity (Wildman–Crippen MR) is 105 cm³/mol. The Labute approximate surface area is 159 Å². The van der Waals surface area contributed by atoms with Gasteiger partial charge in [-0.15, -0.1) is 0 Å². The smallest absolute Gasteiger partial charge is 0.105 e. The quantitative estimate of drug-likeness (QED) is 0.852. The Bertz CT molecular complexity index is 723. The number of hydrogen-bond donors (Lipinski definition) is 1. The van der Waals surface area contributed by atoms with E-state index in [0.717, 1.165) is 50.3 Å². The first-order valence-electron chi connectivity index (χ1n) is 9.66. The SMILES string of the molecule is CN1CCCN(C[C@@H]2CN(Cc3ccc4nsnc4c3)C[C@@H]2CO)CC1. The molecule has 26 heavy (non-hydrogen) atoms. The number of hydrogen-bond acceptors (Lipinski definition) is 7. The standard InChI is InChI=1S/C19H29N5OS/c1-22-5-2-6-23(8-7-22)11-16-12-24(13-17(16)14-25)10-15-3-4-18-19(9-15)21-26-20-18/h3-4,9,16-17,25H,2,5-8,10-14H2,1H3/t16-,17-/m1/s1. The molecule has 2 atom stereocenters. The van der Waals surface area contributed by atoms with Gasteiger partial charge in [-0.2, -0.15) is 8.75 Å². The summed E-state index contributed by atoms with van der Waals surface area (Å²) in [5.41, 5.74) is 3.27. The van der Waals surface area contributed by atoms with Crippen molar-refractivity contribution in [1.82, 2.24) is 23.4 Å². The minimum atomic E-state index is 0.296. The third kappa shape index (κ3) is 4.23. The van der Waals surface area contributed by atoms with Crippen molar-refractivity contribution in [2.45, 2.75) is 13.0 Å². The van der Waals surface area contributed by atoms with Crippen LogP contribution in [0.5, 0.6) is 0 Å². The van der Waals surface area contributed by atoms with Gasteiger partial charge in [0.25, 0.3) is 0 Å². The van der Waals surface area contributed by atoms with Crippen LogP contribution in [0.25, 0.3) is 11.0 Å². The van der Waals surface area contributed by atoms with Crippen LogP contribution < -0.4 is 0 Å². The summed E-state index contributed by atoms with van der Waals surface area (Å²) in [6.45, 7) is 9.10. The van der Waals surface area contributed by atoms with E-state index in [1.165, 1.54) is 36.8 Å². The van der Waals surface area contributed by atoms with Crippen LogP contribution >= 0.6 is 11.7 Å². The average Bonchev–Trinajstić information content (AvgIpc) is 3.19. The maximum atomic E-state index is 9.89. The van der Waals surface area contributed by atoms with Gasteiger partial charge < -0.3 is 14.9 Å². The molecule has 142 valence electrons. The Balaban J connectivity index is 1.37. The minimum Gasteiger partial charge on any atom is -0.396 e. The molecule has 0 radical (unpaired) electrons. The average molecular weight is 376 g/mol. The molecule has 2 aromatic rings. The summed E-state index contributed by atoms with van der Waals surface area (Å²) in [5, 5.41) is 9.89. The van der Waals surface area contributed by atoms with Crippen molar-refractivity contribution in [2.75, 3.05) is 59.5 Å². The van der Waals surface area contributed by atoms with Crippen LogP contribution in [0.2, 0.25) is 0 Å². The summed E-state index contributed by atoms with van der Waals surface area (Å²) in [6.07, 6.45) is 1.25. The van der Waals surface area contributed by atoms with E-state index in [0.29, 0.717) is 18.4 Å². The summed E-state index contributed by atoms with van der Waals surface area (Å²) in [7, 11) is 2.21. The van der Waals surface area contributed by atoms with Gasteiger partial charge in [-0.1, -0.05) is 6.07 Å². The number of likely N-dealkylation sites (tertiary alicyclic amines) is 1. The van der Waals surface area contributed by atoms with Crippen molar-refractivity contribution in [1.29, 1.82) is 0 Å². The molecule has 6 nitrogen and oxygen atoms in total. The number of aliphatic hydroxyl groups excluding tert-OH is 1. The zero-order valence-corrected chi connectivity index (χ0v) is 16.4. The number of likely N-dealkylation sites (N-methyl/N-ethyl adjacent to an activating group) is 1. The molecule has 2 fully saturated rings. The molecule has 2 saturated heterocycles. The molecule has 1 aromatic carbocycles. The second kappa shape index (κ2) is 8.27. The highest BCUT2D eigenvalue weighted by Gasteiger charge is 2.33. The second-order valence-corrected chi connectivity index (χ2v) is 8.47. The van der Waals surface area contributed by atoms with Crippen molar-refractivity contribution >= 4 is 22.8 Å². The van der Waals surface area contributed by atoms with Crippen molar-refractivity contribution in [3.63, 3.8) is 0 Å². The highest BCUT2D eigenvalue weighted by Crippen LogP contribution is 2.26. The van der Waals surface area contributed by atoms with Crippen LogP contribution in [0.3, 0.4) is 0 Å². The van der Waals surface area contributed by atoms with E-state index in [1.807, 2.05) is 0 Å². The van der Waals surface area contributed by atoms with Crippen LogP contribution in [0.4, 0.5) is 0 Å². The fourth-order valence-electron chi connectivity index (χ4n) is 4.38. The number of aromatic nitrogens is 2. The number of fused-ring (bicyclic) bond motifs is 1. The lowest BCUT2D eigenvalue weighted by atomic mass is 9.96. The molecule has 1 N–H and O–H groups in total. The van der Waals surface area contributed by atoms with E-state index in [9.17, 15) is 5.11 Å². The highest BCUT2D eigenvalue weighted by atomic mass is 32.1. The van der Waals surface area contributed by atoms with E-state index in [-0.39, 0.29) is 0 Å². The molecule has 3 heterocycles. The molecule has 2 aliphatic heterocycles. The van der Waals surface area contributed by atoms with Crippen LogP contribution in [-0.4, -0.2) is 88.0 Å². The van der Waals surface area contributed by atoms with Crippen LogP contribution in [0.15, 0.2) is 18.2 Å². The van der Waals surface area contributed by atoms with E-state index >= 15 is 0 Å². The van der Waals surface area contributed by atoms with Crippen LogP contribution in [-0.2, 0) is 6.54 Å². The number of rotatable bonds is 5. The molecule has 0 spiro atoms. The maximum Gasteiger partial charge on any atom is 0.105 e. The van der Waals surface area contributed by atoms with Gasteiger partial charge in [0, 0.05) is 45.9 Å². The number of nitrogens with zero attached hydrogens (tertiary/aromatic N) is 5. The lowest BCUT2D eigenvalue weighted by Gasteiger charge is -2.26. The molecule has 0 bridgehead atoms. The lowest BCUT2D eigenvalue weighted by Crippen LogP contribution is -2.36. The molecular formula is C19H29N5OS. The van der Waals surface area contributed by atoms with E-state index < -0.39 is 0 Å². The van der Waals surface area contributed by atoms with Crippen LogP contribution in [0, 0.1) is 11.8 Å². The summed E-state index contributed by atoms with van der Waals surface area (Å²) in [5.74, 6) is 0.953. The minimum absolute atomic E-state index is 0.296. The molecule has 7 heteroatoms. The van der Waals surface area contributed by atoms with Crippen molar-refractivity contribution in [3.8, 4) is 0 Å². The predicted octanol–water partition coefficient (Wildman–Crippen LogP) is 1.37. The molecular weight excluding hydrogens is 346 g/mol. The first kappa shape index (κ1) is 18.3. The molecule has 1 aromatic heterocycles. The van der Waals surface area contributed by atoms with Gasteiger partial charge in [0.1, 0.15) is 11.0 Å². The number of benzene rings is 1. The fourth-order valence-corrected chi connectivity index (χ4v) is 4.89. The topological polar surface area (TPSA) is 55.7 Å². The van der Waals surface area contributed by atoms with Gasteiger partial charge in [0.2, 0.25) is 0 Å². The van der Waals surface area contributed by atoms with Crippen molar-refractivity contribution in [2.24, 2.45) is 11.8 Å². The molecule has 0 unspecified atom stereocenters. The van der Waals surface area contributed by atoms with Gasteiger partial charge in [-0.25, -0.2) is 0 Å². The van der Waals surface area contributed by atoms with Gasteiger partial charge in [-0.3, -0.25) is 4.90 Å². The van der Waals surface area contributed by atoms with Crippen LogP contribution in [0.1, 0.15) is 12.0 Å². The second-order valence-electron chi connectivity index (χ2n) is 7.94. The highest BCUT2D eigenvalue weighted by molar-refractivity contribution is 7.00. The maximum absolute atomic E-state index is 9.89. The largest absolute Gasteiger partial charge is 0.396 e. The lowest BCUT2D eigenvalue weighted by molar-refractivity contribution is 0.165. The Kier molecular flexibility index (Phi) is 5.81. The van der Waals surface area contributed by atoms with Gasteiger partial charge in [-0.05, 0) is 56.1 Å². The Morgan fingerprint density at radius 3 is 2.77 bits per heavy atom. The Morgan fingerprint density at radius 2 is 1.88 bits per heavy atom. The summed E-state index contributed by atoms with van der Waals surface area (Å²) >= 11 is 1.27. The third-order valence-corrected chi connectivity index (χ3v) is 6.47. The van der Waals surface area contributed by atoms with Crippen molar-refractivity contribution in [3.05, 3.63) is 23.8 Å².